The Hall–Kier alpha value is -4.37. The molecule has 2 aromatic heterocycles. The highest BCUT2D eigenvalue weighted by Gasteiger charge is 2.27. The van der Waals surface area contributed by atoms with Gasteiger partial charge in [0, 0.05) is 40.7 Å². The molecule has 38 heavy (non-hydrogen) atoms. The molecule has 3 aliphatic rings. The maximum Gasteiger partial charge on any atom is 0.247 e. The molecule has 7 nitrogen and oxygen atoms in total. The molecule has 4 aromatic rings. The fourth-order valence-corrected chi connectivity index (χ4v) is 5.40. The molecule has 0 radical (unpaired) electrons. The van der Waals surface area contributed by atoms with Crippen molar-refractivity contribution in [3.05, 3.63) is 90.2 Å². The number of aromatic amines is 1. The van der Waals surface area contributed by atoms with Crippen molar-refractivity contribution in [2.24, 2.45) is 0 Å². The second-order valence-corrected chi connectivity index (χ2v) is 9.73. The molecule has 190 valence electrons. The van der Waals surface area contributed by atoms with E-state index in [1.165, 1.54) is 18.2 Å². The number of benzene rings is 2. The molecule has 7 rings (SSSR count). The van der Waals surface area contributed by atoms with Gasteiger partial charge in [-0.2, -0.15) is 5.10 Å². The van der Waals surface area contributed by atoms with Crippen molar-refractivity contribution in [2.75, 3.05) is 13.1 Å². The van der Waals surface area contributed by atoms with Crippen molar-refractivity contribution < 1.29 is 17.6 Å². The standard InChI is InChI=1S/C29H23F2N5O2/c30-24-4-1-5-25(31)23(24)15-36-11-2-3-18(14-36)29-35-34-28(38-29)17-7-9-26-22(13-17)27(33-32-26)21-8-6-19-16-37-12-10-20(19)21/h1,4-10,12-13,16,18H,2-3,11,14-15H2,(H,32,33)/t18-/m1/s1. The van der Waals surface area contributed by atoms with Crippen molar-refractivity contribution >= 4 is 10.9 Å². The Bertz CT molecular complexity index is 1700. The van der Waals surface area contributed by atoms with Crippen LogP contribution in [0.1, 0.15) is 30.2 Å². The molecule has 0 saturated carbocycles. The molecular weight excluding hydrogens is 488 g/mol. The average Bonchev–Trinajstić information content (AvgIpc) is 3.69. The van der Waals surface area contributed by atoms with Crippen molar-refractivity contribution in [2.45, 2.75) is 25.3 Å². The first-order valence-corrected chi connectivity index (χ1v) is 12.6. The molecule has 0 spiro atoms. The van der Waals surface area contributed by atoms with Gasteiger partial charge < -0.3 is 8.83 Å². The Morgan fingerprint density at radius 3 is 2.74 bits per heavy atom. The van der Waals surface area contributed by atoms with Gasteiger partial charge in [0.2, 0.25) is 11.8 Å². The molecule has 1 fully saturated rings. The van der Waals surface area contributed by atoms with Crippen LogP contribution in [0.25, 0.3) is 44.7 Å². The van der Waals surface area contributed by atoms with E-state index in [2.05, 4.69) is 20.4 Å². The number of nitrogens with zero attached hydrogens (tertiary/aromatic N) is 4. The number of halogens is 2. The summed E-state index contributed by atoms with van der Waals surface area (Å²) in [6, 6.07) is 15.8. The van der Waals surface area contributed by atoms with Crippen LogP contribution in [0, 0.1) is 11.6 Å². The molecule has 1 atom stereocenters. The van der Waals surface area contributed by atoms with E-state index < -0.39 is 11.6 Å². The van der Waals surface area contributed by atoms with Crippen LogP contribution in [0.2, 0.25) is 0 Å². The second kappa shape index (κ2) is 9.18. The average molecular weight is 512 g/mol. The van der Waals surface area contributed by atoms with Crippen molar-refractivity contribution in [1.82, 2.24) is 25.3 Å². The van der Waals surface area contributed by atoms with E-state index in [0.717, 1.165) is 58.2 Å². The lowest BCUT2D eigenvalue weighted by Gasteiger charge is -2.31. The quantitative estimate of drug-likeness (QED) is 0.280. The summed E-state index contributed by atoms with van der Waals surface area (Å²) < 4.78 is 39.8. The van der Waals surface area contributed by atoms with Crippen LogP contribution < -0.4 is 0 Å². The largest absolute Gasteiger partial charge is 0.472 e. The highest BCUT2D eigenvalue weighted by Crippen LogP contribution is 2.38. The van der Waals surface area contributed by atoms with Gasteiger partial charge in [0.25, 0.3) is 0 Å². The van der Waals surface area contributed by atoms with Gasteiger partial charge in [0.1, 0.15) is 17.3 Å². The van der Waals surface area contributed by atoms with Crippen LogP contribution >= 0.6 is 0 Å². The Kier molecular flexibility index (Phi) is 5.51. The minimum Gasteiger partial charge on any atom is -0.472 e. The summed E-state index contributed by atoms with van der Waals surface area (Å²) in [5.74, 6) is -0.0828. The Morgan fingerprint density at radius 1 is 0.974 bits per heavy atom. The van der Waals surface area contributed by atoms with E-state index in [1.807, 2.05) is 41.3 Å². The second-order valence-electron chi connectivity index (χ2n) is 9.73. The highest BCUT2D eigenvalue weighted by molar-refractivity contribution is 5.99. The number of nitrogens with one attached hydrogen (secondary N) is 1. The van der Waals surface area contributed by atoms with Crippen LogP contribution in [0.3, 0.4) is 0 Å². The van der Waals surface area contributed by atoms with E-state index in [0.29, 0.717) is 18.3 Å². The van der Waals surface area contributed by atoms with E-state index in [9.17, 15) is 8.78 Å². The minimum absolute atomic E-state index is 0.00542. The number of hydrogen-bond acceptors (Lipinski definition) is 6. The summed E-state index contributed by atoms with van der Waals surface area (Å²) in [4.78, 5) is 2.04. The fraction of sp³-hybridized carbons (Fsp3) is 0.207. The predicted octanol–water partition coefficient (Wildman–Crippen LogP) is 6.64. The number of hydrogen-bond donors (Lipinski definition) is 1. The number of H-pyrrole nitrogens is 1. The van der Waals surface area contributed by atoms with Crippen LogP contribution in [-0.2, 0) is 6.54 Å². The zero-order chi connectivity index (χ0) is 25.6. The minimum atomic E-state index is -0.522. The number of piperidine rings is 1. The summed E-state index contributed by atoms with van der Waals surface area (Å²) in [5.41, 5.74) is 5.72. The van der Waals surface area contributed by atoms with Crippen LogP contribution in [-0.4, -0.2) is 38.4 Å². The number of rotatable bonds is 5. The van der Waals surface area contributed by atoms with Crippen LogP contribution in [0.15, 0.2) is 76.0 Å². The van der Waals surface area contributed by atoms with Crippen molar-refractivity contribution in [3.8, 4) is 33.8 Å². The van der Waals surface area contributed by atoms with Gasteiger partial charge in [-0.1, -0.05) is 18.2 Å². The molecule has 1 aliphatic carbocycles. The molecule has 0 amide bonds. The third-order valence-electron chi connectivity index (χ3n) is 7.34. The van der Waals surface area contributed by atoms with Gasteiger partial charge >= 0.3 is 0 Å². The van der Waals surface area contributed by atoms with Gasteiger partial charge in [-0.3, -0.25) is 10.00 Å². The first-order valence-electron chi connectivity index (χ1n) is 12.6. The van der Waals surface area contributed by atoms with Crippen LogP contribution in [0.5, 0.6) is 0 Å². The smallest absolute Gasteiger partial charge is 0.247 e. The summed E-state index contributed by atoms with van der Waals surface area (Å²) in [7, 11) is 0. The molecule has 4 heterocycles. The van der Waals surface area contributed by atoms with Gasteiger partial charge in [0.05, 0.1) is 24.0 Å². The van der Waals surface area contributed by atoms with Crippen molar-refractivity contribution in [1.29, 1.82) is 0 Å². The first-order chi connectivity index (χ1) is 18.6. The third kappa shape index (κ3) is 3.95. The Morgan fingerprint density at radius 2 is 1.84 bits per heavy atom. The van der Waals surface area contributed by atoms with E-state index >= 15 is 0 Å². The molecular formula is C29H23F2N5O2. The summed E-state index contributed by atoms with van der Waals surface area (Å²) >= 11 is 0. The molecule has 9 heteroatoms. The zero-order valence-electron chi connectivity index (χ0n) is 20.3. The third-order valence-corrected chi connectivity index (χ3v) is 7.34. The summed E-state index contributed by atoms with van der Waals surface area (Å²) in [6.07, 6.45) is 5.13. The predicted molar refractivity (Wildman–Crippen MR) is 137 cm³/mol. The Balaban J connectivity index is 1.15. The maximum atomic E-state index is 14.2. The molecule has 0 unspecified atom stereocenters. The van der Waals surface area contributed by atoms with Crippen LogP contribution in [0.4, 0.5) is 8.78 Å². The maximum absolute atomic E-state index is 14.2. The Labute approximate surface area is 216 Å². The van der Waals surface area contributed by atoms with Gasteiger partial charge in [-0.25, -0.2) is 8.78 Å². The monoisotopic (exact) mass is 511 g/mol. The first kappa shape index (κ1) is 22.8. The lowest BCUT2D eigenvalue weighted by atomic mass is 9.97. The van der Waals surface area contributed by atoms with Crippen molar-refractivity contribution in [3.63, 3.8) is 0 Å². The molecule has 2 aromatic carbocycles. The highest BCUT2D eigenvalue weighted by atomic mass is 19.1. The number of likely N-dealkylation sites (tertiary alicyclic amines) is 1. The van der Waals surface area contributed by atoms with E-state index in [1.54, 1.807) is 12.5 Å². The molecule has 1 N–H and O–H groups in total. The van der Waals surface area contributed by atoms with E-state index in [-0.39, 0.29) is 18.0 Å². The SMILES string of the molecule is Fc1cccc(F)c1CN1CCC[C@@H](c2nnc(-c3ccc4[nH]nc(-c5ccc6coccc5-6)c4c3)o2)C1. The van der Waals surface area contributed by atoms with Gasteiger partial charge in [-0.05, 0) is 61.3 Å². The summed E-state index contributed by atoms with van der Waals surface area (Å²) in [5, 5.41) is 17.3. The topological polar surface area (TPSA) is 84.0 Å². The number of fused-ring (bicyclic) bond motifs is 2. The van der Waals surface area contributed by atoms with E-state index in [4.69, 9.17) is 8.83 Å². The molecule has 1 saturated heterocycles. The number of aromatic nitrogens is 4. The lowest BCUT2D eigenvalue weighted by Crippen LogP contribution is -2.34. The molecule has 2 aliphatic heterocycles. The molecule has 0 bridgehead atoms. The van der Waals surface area contributed by atoms with Gasteiger partial charge in [0.15, 0.2) is 0 Å². The normalized spacial score (nSPS) is 16.5. The zero-order valence-corrected chi connectivity index (χ0v) is 20.3. The lowest BCUT2D eigenvalue weighted by molar-refractivity contribution is 0.182. The van der Waals surface area contributed by atoms with Gasteiger partial charge in [-0.15, -0.1) is 10.2 Å². The fourth-order valence-electron chi connectivity index (χ4n) is 5.40. The summed E-state index contributed by atoms with van der Waals surface area (Å²) in [6.45, 7) is 1.56.